The van der Waals surface area contributed by atoms with Crippen LogP contribution in [0.2, 0.25) is 0 Å². The van der Waals surface area contributed by atoms with E-state index >= 15 is 0 Å². The van der Waals surface area contributed by atoms with Crippen LogP contribution in [-0.4, -0.2) is 16.5 Å². The van der Waals surface area contributed by atoms with Gasteiger partial charge in [0.2, 0.25) is 0 Å². The zero-order valence-corrected chi connectivity index (χ0v) is 7.82. The molecule has 1 N–H and O–H groups in total. The fraction of sp³-hybridized carbons (Fsp3) is 0.100. The van der Waals surface area contributed by atoms with E-state index in [1.54, 1.807) is 0 Å². The molecule has 0 fully saturated rings. The molecule has 0 spiro atoms. The van der Waals surface area contributed by atoms with E-state index < -0.39 is 17.9 Å². The molecular formula is C10H6F3NO2. The Kier molecular flexibility index (Phi) is 2.34. The van der Waals surface area contributed by atoms with Crippen molar-refractivity contribution < 1.29 is 23.0 Å². The first-order chi connectivity index (χ1) is 7.47. The topological polar surface area (TPSA) is 42.4 Å². The Hall–Kier alpha value is -1.98. The Morgan fingerprint density at radius 2 is 1.94 bits per heavy atom. The van der Waals surface area contributed by atoms with Gasteiger partial charge in [0, 0.05) is 11.6 Å². The van der Waals surface area contributed by atoms with E-state index in [4.69, 9.17) is 0 Å². The van der Waals surface area contributed by atoms with E-state index in [0.717, 1.165) is 6.07 Å². The lowest BCUT2D eigenvalue weighted by molar-refractivity contribution is -0.275. The standard InChI is InChI=1S/C10H6F3NO2/c11-10(12,13)16-8-4-3-7-6(9(8)15)2-1-5-14-7/h1-5,15H. The van der Waals surface area contributed by atoms with Gasteiger partial charge in [0.15, 0.2) is 11.5 Å². The Labute approximate surface area is 88.1 Å². The summed E-state index contributed by atoms with van der Waals surface area (Å²) in [5.74, 6) is -1.20. The summed E-state index contributed by atoms with van der Waals surface area (Å²) in [5.41, 5.74) is 0.398. The van der Waals surface area contributed by atoms with Crippen LogP contribution in [0.5, 0.6) is 11.5 Å². The molecule has 0 aliphatic heterocycles. The maximum Gasteiger partial charge on any atom is 0.573 e. The number of benzene rings is 1. The molecule has 0 aliphatic rings. The molecule has 0 saturated heterocycles. The van der Waals surface area contributed by atoms with E-state index in [1.165, 1.54) is 24.4 Å². The van der Waals surface area contributed by atoms with Crippen molar-refractivity contribution in [2.75, 3.05) is 0 Å². The van der Waals surface area contributed by atoms with Crippen molar-refractivity contribution in [2.45, 2.75) is 6.36 Å². The first kappa shape index (κ1) is 10.5. The molecule has 1 heterocycles. The number of aromatic nitrogens is 1. The number of nitrogens with zero attached hydrogens (tertiary/aromatic N) is 1. The van der Waals surface area contributed by atoms with Gasteiger partial charge in [-0.25, -0.2) is 0 Å². The lowest BCUT2D eigenvalue weighted by Gasteiger charge is -2.11. The van der Waals surface area contributed by atoms with Crippen LogP contribution < -0.4 is 4.74 Å². The highest BCUT2D eigenvalue weighted by atomic mass is 19.4. The third kappa shape index (κ3) is 2.00. The smallest absolute Gasteiger partial charge is 0.504 e. The zero-order chi connectivity index (χ0) is 11.8. The molecule has 3 nitrogen and oxygen atoms in total. The molecule has 0 radical (unpaired) electrons. The summed E-state index contributed by atoms with van der Waals surface area (Å²) in [6.07, 6.45) is -3.35. The molecule has 0 unspecified atom stereocenters. The number of alkyl halides is 3. The van der Waals surface area contributed by atoms with Crippen LogP contribution in [0.3, 0.4) is 0 Å². The summed E-state index contributed by atoms with van der Waals surface area (Å²) in [6, 6.07) is 5.34. The first-order valence-corrected chi connectivity index (χ1v) is 4.30. The number of rotatable bonds is 1. The second kappa shape index (κ2) is 3.55. The van der Waals surface area contributed by atoms with Gasteiger partial charge < -0.3 is 9.84 Å². The lowest BCUT2D eigenvalue weighted by atomic mass is 10.2. The highest BCUT2D eigenvalue weighted by molar-refractivity contribution is 5.87. The second-order valence-electron chi connectivity index (χ2n) is 3.03. The maximum absolute atomic E-state index is 12.0. The predicted molar refractivity (Wildman–Crippen MR) is 50.1 cm³/mol. The Bertz CT molecular complexity index is 525. The van der Waals surface area contributed by atoms with E-state index in [1.807, 2.05) is 0 Å². The minimum Gasteiger partial charge on any atom is -0.504 e. The van der Waals surface area contributed by atoms with Crippen molar-refractivity contribution in [1.29, 1.82) is 0 Å². The normalized spacial score (nSPS) is 11.7. The predicted octanol–water partition coefficient (Wildman–Crippen LogP) is 2.84. The van der Waals surface area contributed by atoms with Crippen LogP contribution in [0.25, 0.3) is 10.9 Å². The lowest BCUT2D eigenvalue weighted by Crippen LogP contribution is -2.17. The van der Waals surface area contributed by atoms with Crippen LogP contribution in [0, 0.1) is 0 Å². The molecule has 1 aromatic carbocycles. The number of aromatic hydroxyl groups is 1. The fourth-order valence-corrected chi connectivity index (χ4v) is 1.32. The molecular weight excluding hydrogens is 223 g/mol. The average Bonchev–Trinajstić information content (AvgIpc) is 2.21. The fourth-order valence-electron chi connectivity index (χ4n) is 1.32. The number of ether oxygens (including phenoxy) is 1. The van der Waals surface area contributed by atoms with Gasteiger partial charge in [-0.05, 0) is 24.3 Å². The highest BCUT2D eigenvalue weighted by Gasteiger charge is 2.32. The van der Waals surface area contributed by atoms with Crippen LogP contribution in [0.1, 0.15) is 0 Å². The summed E-state index contributed by atoms with van der Waals surface area (Å²) in [4.78, 5) is 3.88. The van der Waals surface area contributed by atoms with Gasteiger partial charge in [0.1, 0.15) is 0 Å². The number of pyridine rings is 1. The van der Waals surface area contributed by atoms with Crippen molar-refractivity contribution in [3.8, 4) is 11.5 Å². The van der Waals surface area contributed by atoms with Gasteiger partial charge in [0.05, 0.1) is 5.52 Å². The highest BCUT2D eigenvalue weighted by Crippen LogP contribution is 2.36. The Balaban J connectivity index is 2.53. The van der Waals surface area contributed by atoms with Crippen molar-refractivity contribution in [3.63, 3.8) is 0 Å². The van der Waals surface area contributed by atoms with Gasteiger partial charge >= 0.3 is 6.36 Å². The van der Waals surface area contributed by atoms with Gasteiger partial charge in [-0.1, -0.05) is 0 Å². The van der Waals surface area contributed by atoms with Crippen LogP contribution in [-0.2, 0) is 0 Å². The largest absolute Gasteiger partial charge is 0.573 e. The maximum atomic E-state index is 12.0. The summed E-state index contributed by atoms with van der Waals surface area (Å²) in [7, 11) is 0. The summed E-state index contributed by atoms with van der Waals surface area (Å²) >= 11 is 0. The Morgan fingerprint density at radius 1 is 1.19 bits per heavy atom. The second-order valence-corrected chi connectivity index (χ2v) is 3.03. The molecule has 0 bridgehead atoms. The average molecular weight is 229 g/mol. The third-order valence-corrected chi connectivity index (χ3v) is 1.95. The number of halogens is 3. The van der Waals surface area contributed by atoms with E-state index in [0.29, 0.717) is 5.52 Å². The molecule has 0 atom stereocenters. The van der Waals surface area contributed by atoms with Gasteiger partial charge in [0.25, 0.3) is 0 Å². The molecule has 0 amide bonds. The van der Waals surface area contributed by atoms with E-state index in [9.17, 15) is 18.3 Å². The number of fused-ring (bicyclic) bond motifs is 1. The van der Waals surface area contributed by atoms with Gasteiger partial charge in [-0.2, -0.15) is 0 Å². The SMILES string of the molecule is Oc1c(OC(F)(F)F)ccc2ncccc12. The number of phenolic OH excluding ortho intramolecular Hbond substituents is 1. The van der Waals surface area contributed by atoms with Crippen LogP contribution >= 0.6 is 0 Å². The van der Waals surface area contributed by atoms with Crippen molar-refractivity contribution in [2.24, 2.45) is 0 Å². The molecule has 16 heavy (non-hydrogen) atoms. The molecule has 2 rings (SSSR count). The molecule has 84 valence electrons. The van der Waals surface area contributed by atoms with Crippen LogP contribution in [0.15, 0.2) is 30.5 Å². The summed E-state index contributed by atoms with van der Waals surface area (Å²) in [6.45, 7) is 0. The molecule has 0 saturated carbocycles. The number of phenols is 1. The summed E-state index contributed by atoms with van der Waals surface area (Å²) < 4.78 is 39.6. The molecule has 6 heteroatoms. The zero-order valence-electron chi connectivity index (χ0n) is 7.82. The van der Waals surface area contributed by atoms with Gasteiger partial charge in [-0.3, -0.25) is 4.98 Å². The third-order valence-electron chi connectivity index (χ3n) is 1.95. The van der Waals surface area contributed by atoms with Crippen LogP contribution in [0.4, 0.5) is 13.2 Å². The van der Waals surface area contributed by atoms with E-state index in [2.05, 4.69) is 9.72 Å². The monoisotopic (exact) mass is 229 g/mol. The molecule has 2 aromatic rings. The minimum absolute atomic E-state index is 0.212. The first-order valence-electron chi connectivity index (χ1n) is 4.30. The number of hydrogen-bond acceptors (Lipinski definition) is 3. The van der Waals surface area contributed by atoms with Gasteiger partial charge in [-0.15, -0.1) is 13.2 Å². The Morgan fingerprint density at radius 3 is 2.62 bits per heavy atom. The van der Waals surface area contributed by atoms with E-state index in [-0.39, 0.29) is 5.39 Å². The quantitative estimate of drug-likeness (QED) is 0.817. The van der Waals surface area contributed by atoms with Crippen molar-refractivity contribution in [3.05, 3.63) is 30.5 Å². The van der Waals surface area contributed by atoms with Crippen molar-refractivity contribution >= 4 is 10.9 Å². The molecule has 0 aliphatic carbocycles. The minimum atomic E-state index is -4.83. The molecule has 1 aromatic heterocycles. The summed E-state index contributed by atoms with van der Waals surface area (Å²) in [5, 5.41) is 9.76. The van der Waals surface area contributed by atoms with Crippen molar-refractivity contribution in [1.82, 2.24) is 4.98 Å². The number of hydrogen-bond donors (Lipinski definition) is 1.